The van der Waals surface area contributed by atoms with Crippen molar-refractivity contribution in [2.75, 3.05) is 16.4 Å². The molecule has 136 valence electrons. The summed E-state index contributed by atoms with van der Waals surface area (Å²) in [5.74, 6) is 1.70. The highest BCUT2D eigenvalue weighted by Gasteiger charge is 2.26. The summed E-state index contributed by atoms with van der Waals surface area (Å²) in [5.41, 5.74) is 3.18. The zero-order chi connectivity index (χ0) is 18.6. The molecule has 1 saturated heterocycles. The quantitative estimate of drug-likeness (QED) is 0.587. The van der Waals surface area contributed by atoms with E-state index in [1.54, 1.807) is 18.2 Å². The Balaban J connectivity index is 1.74. The number of hydrogen-bond donors (Lipinski definition) is 1. The first-order valence-corrected chi connectivity index (χ1v) is 10.7. The topological polar surface area (TPSA) is 40.5 Å². The van der Waals surface area contributed by atoms with Gasteiger partial charge >= 0.3 is 5.97 Å². The molecular formula is C23H22NO2S+. The Morgan fingerprint density at radius 1 is 0.778 bits per heavy atom. The highest BCUT2D eigenvalue weighted by atomic mass is 32.2. The van der Waals surface area contributed by atoms with Crippen LogP contribution >= 0.6 is 0 Å². The molecule has 0 radical (unpaired) electrons. The summed E-state index contributed by atoms with van der Waals surface area (Å²) in [4.78, 5) is 15.0. The Labute approximate surface area is 162 Å². The second kappa shape index (κ2) is 7.89. The largest absolute Gasteiger partial charge is 0.478 e. The number of carboxylic acids is 1. The molecule has 0 amide bonds. The molecule has 0 aliphatic carbocycles. The van der Waals surface area contributed by atoms with E-state index in [0.717, 1.165) is 17.1 Å². The summed E-state index contributed by atoms with van der Waals surface area (Å²) in [6.07, 6.45) is 2.67. The van der Waals surface area contributed by atoms with E-state index in [1.807, 2.05) is 36.4 Å². The van der Waals surface area contributed by atoms with E-state index in [0.29, 0.717) is 10.9 Å². The van der Waals surface area contributed by atoms with Crippen LogP contribution < -0.4 is 4.90 Å². The molecule has 3 aromatic rings. The van der Waals surface area contributed by atoms with Crippen molar-refractivity contribution >= 4 is 33.9 Å². The van der Waals surface area contributed by atoms with Crippen molar-refractivity contribution in [2.45, 2.75) is 17.7 Å². The number of carboxylic acid groups (broad SMARTS) is 1. The molecule has 4 rings (SSSR count). The molecule has 1 aliphatic rings. The zero-order valence-electron chi connectivity index (χ0n) is 15.0. The minimum absolute atomic E-state index is 0.289. The van der Waals surface area contributed by atoms with Gasteiger partial charge in [0, 0.05) is 28.0 Å². The fourth-order valence-corrected chi connectivity index (χ4v) is 5.78. The Morgan fingerprint density at radius 3 is 2.07 bits per heavy atom. The van der Waals surface area contributed by atoms with E-state index in [1.165, 1.54) is 29.2 Å². The number of rotatable bonds is 5. The number of para-hydroxylation sites is 1. The van der Waals surface area contributed by atoms with E-state index >= 15 is 0 Å². The average Bonchev–Trinajstić information content (AvgIpc) is 3.25. The van der Waals surface area contributed by atoms with Crippen molar-refractivity contribution in [3.05, 3.63) is 84.4 Å². The van der Waals surface area contributed by atoms with E-state index in [-0.39, 0.29) is 5.56 Å². The van der Waals surface area contributed by atoms with E-state index in [2.05, 4.69) is 29.2 Å². The molecule has 0 spiro atoms. The summed E-state index contributed by atoms with van der Waals surface area (Å²) < 4.78 is 0. The molecule has 0 saturated carbocycles. The normalized spacial score (nSPS) is 14.2. The van der Waals surface area contributed by atoms with Crippen LogP contribution in [0.4, 0.5) is 17.1 Å². The van der Waals surface area contributed by atoms with Crippen LogP contribution in [0, 0.1) is 0 Å². The number of hydrogen-bond acceptors (Lipinski definition) is 2. The van der Waals surface area contributed by atoms with Crippen LogP contribution in [0.15, 0.2) is 83.8 Å². The molecular weight excluding hydrogens is 354 g/mol. The summed E-state index contributed by atoms with van der Waals surface area (Å²) in [7, 11) is 0.393. The molecule has 1 N–H and O–H groups in total. The number of nitrogens with zero attached hydrogens (tertiary/aromatic N) is 1. The van der Waals surface area contributed by atoms with Crippen molar-refractivity contribution in [3.63, 3.8) is 0 Å². The van der Waals surface area contributed by atoms with Crippen molar-refractivity contribution in [1.82, 2.24) is 0 Å². The zero-order valence-corrected chi connectivity index (χ0v) is 15.9. The van der Waals surface area contributed by atoms with Gasteiger partial charge in [-0.3, -0.25) is 0 Å². The third-order valence-corrected chi connectivity index (χ3v) is 7.33. The average molecular weight is 377 g/mol. The fraction of sp³-hybridized carbons (Fsp3) is 0.174. The van der Waals surface area contributed by atoms with Gasteiger partial charge < -0.3 is 10.0 Å². The van der Waals surface area contributed by atoms with E-state index < -0.39 is 5.97 Å². The van der Waals surface area contributed by atoms with Crippen molar-refractivity contribution < 1.29 is 9.90 Å². The van der Waals surface area contributed by atoms with Gasteiger partial charge in [-0.2, -0.15) is 0 Å². The number of anilines is 3. The monoisotopic (exact) mass is 376 g/mol. The minimum atomic E-state index is -0.914. The maximum Gasteiger partial charge on any atom is 0.335 e. The third kappa shape index (κ3) is 3.86. The molecule has 4 heteroatoms. The maximum atomic E-state index is 11.4. The molecule has 0 unspecified atom stereocenters. The van der Waals surface area contributed by atoms with Gasteiger partial charge in [0.25, 0.3) is 0 Å². The van der Waals surface area contributed by atoms with Gasteiger partial charge in [0.05, 0.1) is 5.56 Å². The molecule has 1 fully saturated rings. The number of benzene rings is 3. The molecule has 0 aromatic heterocycles. The van der Waals surface area contributed by atoms with Gasteiger partial charge in [0.15, 0.2) is 4.90 Å². The van der Waals surface area contributed by atoms with E-state index in [9.17, 15) is 9.90 Å². The van der Waals surface area contributed by atoms with Gasteiger partial charge in [-0.15, -0.1) is 0 Å². The molecule has 1 aliphatic heterocycles. The van der Waals surface area contributed by atoms with Crippen LogP contribution in [0.2, 0.25) is 0 Å². The Morgan fingerprint density at radius 2 is 1.41 bits per heavy atom. The Bertz CT molecular complexity index is 919. The van der Waals surface area contributed by atoms with Crippen LogP contribution in [0.1, 0.15) is 23.2 Å². The first-order valence-electron chi connectivity index (χ1n) is 9.18. The van der Waals surface area contributed by atoms with Gasteiger partial charge in [-0.25, -0.2) is 4.79 Å². The summed E-state index contributed by atoms with van der Waals surface area (Å²) in [6, 6.07) is 25.9. The lowest BCUT2D eigenvalue weighted by molar-refractivity contribution is 0.0697. The molecule has 27 heavy (non-hydrogen) atoms. The van der Waals surface area contributed by atoms with Crippen molar-refractivity contribution in [1.29, 1.82) is 0 Å². The van der Waals surface area contributed by atoms with Crippen molar-refractivity contribution in [3.8, 4) is 0 Å². The summed E-state index contributed by atoms with van der Waals surface area (Å²) in [5, 5.41) is 9.37. The van der Waals surface area contributed by atoms with Crippen LogP contribution in [0.5, 0.6) is 0 Å². The number of aromatic carboxylic acids is 1. The van der Waals surface area contributed by atoms with Crippen LogP contribution in [0.25, 0.3) is 0 Å². The molecule has 0 bridgehead atoms. The van der Waals surface area contributed by atoms with E-state index in [4.69, 9.17) is 0 Å². The van der Waals surface area contributed by atoms with Gasteiger partial charge in [-0.05, 0) is 67.4 Å². The maximum absolute atomic E-state index is 11.4. The first-order chi connectivity index (χ1) is 13.2. The summed E-state index contributed by atoms with van der Waals surface area (Å²) in [6.45, 7) is 0. The molecule has 0 atom stereocenters. The lowest BCUT2D eigenvalue weighted by Crippen LogP contribution is -2.11. The third-order valence-electron chi connectivity index (χ3n) is 4.83. The minimum Gasteiger partial charge on any atom is -0.478 e. The predicted octanol–water partition coefficient (Wildman–Crippen LogP) is 5.63. The second-order valence-corrected chi connectivity index (χ2v) is 8.90. The molecule has 1 heterocycles. The Hall–Kier alpha value is -2.72. The second-order valence-electron chi connectivity index (χ2n) is 6.63. The SMILES string of the molecule is O=C(O)c1cccc(N(c2ccccc2)c2ccc([S+]3CCCC3)cc2)c1. The van der Waals surface area contributed by atoms with Gasteiger partial charge in [0.1, 0.15) is 11.5 Å². The highest BCUT2D eigenvalue weighted by molar-refractivity contribution is 7.97. The standard InChI is InChI=1S/C23H21NO2S/c25-23(26)18-7-6-10-21(17-18)24(19-8-2-1-3-9-19)20-11-13-22(14-12-20)27-15-4-5-16-27/h1-3,6-14,17H,4-5,15-16H2/p+1. The molecule has 3 nitrogen and oxygen atoms in total. The van der Waals surface area contributed by atoms with Crippen LogP contribution in [0.3, 0.4) is 0 Å². The first kappa shape index (κ1) is 17.7. The molecule has 3 aromatic carbocycles. The van der Waals surface area contributed by atoms with Gasteiger partial charge in [0.2, 0.25) is 0 Å². The predicted molar refractivity (Wildman–Crippen MR) is 113 cm³/mol. The number of carbonyl (C=O) groups is 1. The fourth-order valence-electron chi connectivity index (χ4n) is 3.48. The lowest BCUT2D eigenvalue weighted by atomic mass is 10.1. The van der Waals surface area contributed by atoms with Crippen molar-refractivity contribution in [2.24, 2.45) is 0 Å². The summed E-state index contributed by atoms with van der Waals surface area (Å²) >= 11 is 0. The smallest absolute Gasteiger partial charge is 0.335 e. The van der Waals surface area contributed by atoms with Gasteiger partial charge in [-0.1, -0.05) is 24.3 Å². The van der Waals surface area contributed by atoms with Crippen LogP contribution in [-0.4, -0.2) is 22.6 Å². The van der Waals surface area contributed by atoms with Crippen LogP contribution in [-0.2, 0) is 10.9 Å². The Kier molecular flexibility index (Phi) is 5.16. The highest BCUT2D eigenvalue weighted by Crippen LogP contribution is 2.35. The lowest BCUT2D eigenvalue weighted by Gasteiger charge is -2.25.